The quantitative estimate of drug-likeness (QED) is 0.528. The largest absolute Gasteiger partial charge is 0.480 e. The van der Waals surface area contributed by atoms with Crippen LogP contribution in [0, 0.1) is 5.92 Å². The number of hydrogen-bond acceptors (Lipinski definition) is 3. The van der Waals surface area contributed by atoms with Crippen LogP contribution >= 0.6 is 0 Å². The molecule has 1 rings (SSSR count). The highest BCUT2D eigenvalue weighted by Crippen LogP contribution is 2.33. The van der Waals surface area contributed by atoms with Gasteiger partial charge in [-0.1, -0.05) is 19.8 Å². The summed E-state index contributed by atoms with van der Waals surface area (Å²) in [6.45, 7) is 3.22. The number of rotatable bonds is 7. The van der Waals surface area contributed by atoms with Gasteiger partial charge in [0.25, 0.3) is 0 Å². The molecule has 7 heteroatoms. The molecule has 0 bridgehead atoms. The molecule has 19 heavy (non-hydrogen) atoms. The van der Waals surface area contributed by atoms with Crippen LogP contribution in [0.3, 0.4) is 0 Å². The van der Waals surface area contributed by atoms with Gasteiger partial charge in [-0.15, -0.1) is 0 Å². The number of aliphatic carboxylic acids is 1. The molecule has 7 nitrogen and oxygen atoms in total. The van der Waals surface area contributed by atoms with Gasteiger partial charge in [0.15, 0.2) is 0 Å². The van der Waals surface area contributed by atoms with Gasteiger partial charge in [0.1, 0.15) is 11.6 Å². The van der Waals surface area contributed by atoms with E-state index < -0.39 is 29.5 Å². The normalized spacial score (nSPS) is 19.1. The Morgan fingerprint density at radius 3 is 2.37 bits per heavy atom. The van der Waals surface area contributed by atoms with Crippen LogP contribution in [-0.4, -0.2) is 34.6 Å². The van der Waals surface area contributed by atoms with Crippen LogP contribution in [0.4, 0.5) is 4.79 Å². The lowest BCUT2D eigenvalue weighted by Gasteiger charge is -2.27. The van der Waals surface area contributed by atoms with Crippen molar-refractivity contribution in [3.8, 4) is 0 Å². The summed E-state index contributed by atoms with van der Waals surface area (Å²) in [7, 11) is 0. The van der Waals surface area contributed by atoms with Gasteiger partial charge < -0.3 is 21.5 Å². The fourth-order valence-corrected chi connectivity index (χ4v) is 1.68. The van der Waals surface area contributed by atoms with Crippen molar-refractivity contribution in [2.75, 3.05) is 0 Å². The fourth-order valence-electron chi connectivity index (χ4n) is 1.68. The molecule has 1 unspecified atom stereocenters. The highest BCUT2D eigenvalue weighted by Gasteiger charge is 2.34. The number of carboxylic acid groups (broad SMARTS) is 1. The lowest BCUT2D eigenvalue weighted by molar-refractivity contribution is -0.139. The van der Waals surface area contributed by atoms with Crippen LogP contribution in [0.15, 0.2) is 0 Å². The Hall–Kier alpha value is -1.79. The second-order valence-corrected chi connectivity index (χ2v) is 5.22. The van der Waals surface area contributed by atoms with Crippen molar-refractivity contribution in [1.82, 2.24) is 10.6 Å². The third-order valence-electron chi connectivity index (χ3n) is 3.51. The van der Waals surface area contributed by atoms with E-state index >= 15 is 0 Å². The highest BCUT2D eigenvalue weighted by molar-refractivity contribution is 5.90. The van der Waals surface area contributed by atoms with Gasteiger partial charge >= 0.3 is 12.0 Å². The molecule has 1 aliphatic rings. The van der Waals surface area contributed by atoms with Crippen LogP contribution in [-0.2, 0) is 9.59 Å². The first kappa shape index (κ1) is 15.3. The maximum absolute atomic E-state index is 11.7. The number of amides is 3. The Kier molecular flexibility index (Phi) is 4.74. The lowest BCUT2D eigenvalue weighted by atomic mass is 9.98. The van der Waals surface area contributed by atoms with Crippen molar-refractivity contribution < 1.29 is 19.5 Å². The van der Waals surface area contributed by atoms with Gasteiger partial charge in [-0.2, -0.15) is 0 Å². The Labute approximate surface area is 111 Å². The topological polar surface area (TPSA) is 122 Å². The number of urea groups is 1. The van der Waals surface area contributed by atoms with Gasteiger partial charge in [-0.05, 0) is 25.7 Å². The molecule has 0 radical (unpaired) electrons. The molecular weight excluding hydrogens is 250 g/mol. The number of hydrogen-bond donors (Lipinski definition) is 4. The second kappa shape index (κ2) is 5.90. The SMILES string of the molecule is CCC(C)(NC(=O)N[C@@H](CC1CC1)C(=O)O)C(N)=O. The predicted molar refractivity (Wildman–Crippen MR) is 68.3 cm³/mol. The van der Waals surface area contributed by atoms with E-state index in [0.29, 0.717) is 18.8 Å². The van der Waals surface area contributed by atoms with Crippen molar-refractivity contribution in [2.24, 2.45) is 11.7 Å². The monoisotopic (exact) mass is 271 g/mol. The maximum atomic E-state index is 11.7. The van der Waals surface area contributed by atoms with Crippen LogP contribution in [0.1, 0.15) is 39.5 Å². The summed E-state index contributed by atoms with van der Waals surface area (Å²) in [6, 6.07) is -1.61. The first-order valence-corrected chi connectivity index (χ1v) is 6.40. The van der Waals surface area contributed by atoms with E-state index in [1.807, 2.05) is 0 Å². The molecule has 108 valence electrons. The predicted octanol–water partition coefficient (Wildman–Crippen LogP) is 0.193. The standard InChI is InChI=1S/C12H21N3O4/c1-3-12(2,10(13)18)15-11(19)14-8(9(16)17)6-7-4-5-7/h7-8H,3-6H2,1-2H3,(H2,13,18)(H,16,17)(H2,14,15,19)/t8-,12?/m0/s1. The van der Waals surface area contributed by atoms with E-state index in [1.165, 1.54) is 6.92 Å². The molecule has 0 saturated heterocycles. The smallest absolute Gasteiger partial charge is 0.326 e. The molecule has 3 amide bonds. The van der Waals surface area contributed by atoms with Crippen LogP contribution in [0.25, 0.3) is 0 Å². The van der Waals surface area contributed by atoms with E-state index in [-0.39, 0.29) is 0 Å². The number of carboxylic acids is 1. The van der Waals surface area contributed by atoms with E-state index in [9.17, 15) is 14.4 Å². The molecule has 1 saturated carbocycles. The summed E-state index contributed by atoms with van der Waals surface area (Å²) >= 11 is 0. The van der Waals surface area contributed by atoms with Gasteiger partial charge in [0, 0.05) is 0 Å². The van der Waals surface area contributed by atoms with E-state index in [4.69, 9.17) is 10.8 Å². The van der Waals surface area contributed by atoms with Crippen molar-refractivity contribution in [3.05, 3.63) is 0 Å². The Bertz CT molecular complexity index is 381. The number of nitrogens with one attached hydrogen (secondary N) is 2. The minimum Gasteiger partial charge on any atom is -0.480 e. The molecule has 0 spiro atoms. The molecule has 0 heterocycles. The van der Waals surface area contributed by atoms with E-state index in [1.54, 1.807) is 6.92 Å². The zero-order chi connectivity index (χ0) is 14.6. The molecule has 0 aromatic rings. The average Bonchev–Trinajstić information content (AvgIpc) is 3.11. The molecule has 0 aliphatic heterocycles. The summed E-state index contributed by atoms with van der Waals surface area (Å²) in [6.07, 6.45) is 2.75. The van der Waals surface area contributed by atoms with Gasteiger partial charge in [0.05, 0.1) is 0 Å². The van der Waals surface area contributed by atoms with Crippen molar-refractivity contribution in [2.45, 2.75) is 51.1 Å². The second-order valence-electron chi connectivity index (χ2n) is 5.22. The number of carbonyl (C=O) groups excluding carboxylic acids is 2. The summed E-state index contributed by atoms with van der Waals surface area (Å²) in [4.78, 5) is 34.0. The zero-order valence-corrected chi connectivity index (χ0v) is 11.2. The summed E-state index contributed by atoms with van der Waals surface area (Å²) in [5, 5.41) is 13.8. The van der Waals surface area contributed by atoms with Gasteiger partial charge in [-0.3, -0.25) is 4.79 Å². The molecule has 1 fully saturated rings. The van der Waals surface area contributed by atoms with Crippen LogP contribution in [0.2, 0.25) is 0 Å². The summed E-state index contributed by atoms with van der Waals surface area (Å²) in [5.74, 6) is -1.35. The number of nitrogens with two attached hydrogens (primary N) is 1. The molecule has 1 aliphatic carbocycles. The number of carbonyl (C=O) groups is 3. The van der Waals surface area contributed by atoms with Crippen LogP contribution in [0.5, 0.6) is 0 Å². The Morgan fingerprint density at radius 2 is 2.00 bits per heavy atom. The zero-order valence-electron chi connectivity index (χ0n) is 11.2. The lowest BCUT2D eigenvalue weighted by Crippen LogP contribution is -2.59. The average molecular weight is 271 g/mol. The fraction of sp³-hybridized carbons (Fsp3) is 0.750. The number of primary amides is 1. The van der Waals surface area contributed by atoms with E-state index in [0.717, 1.165) is 12.8 Å². The van der Waals surface area contributed by atoms with Crippen LogP contribution < -0.4 is 16.4 Å². The molecular formula is C12H21N3O4. The highest BCUT2D eigenvalue weighted by atomic mass is 16.4. The Balaban J connectivity index is 2.56. The van der Waals surface area contributed by atoms with Gasteiger partial charge in [0.2, 0.25) is 5.91 Å². The maximum Gasteiger partial charge on any atom is 0.326 e. The molecule has 2 atom stereocenters. The first-order valence-electron chi connectivity index (χ1n) is 6.40. The molecule has 0 aromatic carbocycles. The summed E-state index contributed by atoms with van der Waals surface area (Å²) in [5.41, 5.74) is 4.04. The van der Waals surface area contributed by atoms with E-state index in [2.05, 4.69) is 10.6 Å². The minimum atomic E-state index is -1.17. The Morgan fingerprint density at radius 1 is 1.42 bits per heavy atom. The third-order valence-corrected chi connectivity index (χ3v) is 3.51. The summed E-state index contributed by atoms with van der Waals surface area (Å²) < 4.78 is 0. The first-order chi connectivity index (χ1) is 8.78. The van der Waals surface area contributed by atoms with Crippen molar-refractivity contribution in [3.63, 3.8) is 0 Å². The van der Waals surface area contributed by atoms with Crippen molar-refractivity contribution in [1.29, 1.82) is 0 Å². The third kappa shape index (κ3) is 4.42. The van der Waals surface area contributed by atoms with Crippen molar-refractivity contribution >= 4 is 17.9 Å². The molecule has 5 N–H and O–H groups in total. The molecule has 0 aromatic heterocycles. The van der Waals surface area contributed by atoms with Gasteiger partial charge in [-0.25, -0.2) is 9.59 Å². The minimum absolute atomic E-state index is 0.329.